The molecule has 2 rings (SSSR count). The van der Waals surface area contributed by atoms with Gasteiger partial charge in [0.15, 0.2) is 6.79 Å². The Morgan fingerprint density at radius 1 is 1.12 bits per heavy atom. The summed E-state index contributed by atoms with van der Waals surface area (Å²) in [6.45, 7) is 5.33. The molecule has 138 valence electrons. The standard InChI is InChI=1S/C19H22N2O5/c1-19(2,3)26-18(23)14-11-13(9-10-17(14)25-12-24-4)20-21-15-7-5-6-8-16(15)22/h5-11,22H,12H2,1-4H3. The zero-order chi connectivity index (χ0) is 19.2. The highest BCUT2D eigenvalue weighted by Crippen LogP contribution is 2.30. The maximum absolute atomic E-state index is 12.5. The van der Waals surface area contributed by atoms with E-state index in [2.05, 4.69) is 10.2 Å². The van der Waals surface area contributed by atoms with Gasteiger partial charge in [0.25, 0.3) is 0 Å². The van der Waals surface area contributed by atoms with Crippen LogP contribution in [0.25, 0.3) is 0 Å². The molecule has 0 unspecified atom stereocenters. The zero-order valence-corrected chi connectivity index (χ0v) is 15.2. The van der Waals surface area contributed by atoms with Crippen LogP contribution in [-0.4, -0.2) is 30.6 Å². The van der Waals surface area contributed by atoms with Crippen LogP contribution in [0.15, 0.2) is 52.7 Å². The van der Waals surface area contributed by atoms with Crippen LogP contribution in [0.1, 0.15) is 31.1 Å². The van der Waals surface area contributed by atoms with Crippen molar-refractivity contribution in [3.63, 3.8) is 0 Å². The van der Waals surface area contributed by atoms with Crippen LogP contribution in [0, 0.1) is 0 Å². The number of nitrogens with zero attached hydrogens (tertiary/aromatic N) is 2. The number of hydrogen-bond acceptors (Lipinski definition) is 7. The monoisotopic (exact) mass is 358 g/mol. The SMILES string of the molecule is COCOc1ccc(N=Nc2ccccc2O)cc1C(=O)OC(C)(C)C. The fourth-order valence-corrected chi connectivity index (χ4v) is 1.98. The maximum atomic E-state index is 12.5. The number of carbonyl (C=O) groups is 1. The Hall–Kier alpha value is -2.93. The lowest BCUT2D eigenvalue weighted by atomic mass is 10.1. The third-order valence-corrected chi connectivity index (χ3v) is 3.07. The van der Waals surface area contributed by atoms with Crippen molar-refractivity contribution < 1.29 is 24.1 Å². The Morgan fingerprint density at radius 2 is 1.85 bits per heavy atom. The highest BCUT2D eigenvalue weighted by molar-refractivity contribution is 5.93. The number of phenolic OH excluding ortho intramolecular Hbond substituents is 1. The van der Waals surface area contributed by atoms with Crippen molar-refractivity contribution in [3.05, 3.63) is 48.0 Å². The number of phenols is 1. The first kappa shape index (κ1) is 19.4. The van der Waals surface area contributed by atoms with Gasteiger partial charge < -0.3 is 19.3 Å². The van der Waals surface area contributed by atoms with Crippen LogP contribution in [0.2, 0.25) is 0 Å². The average Bonchev–Trinajstić information content (AvgIpc) is 2.58. The van der Waals surface area contributed by atoms with Crippen LogP contribution in [0.5, 0.6) is 11.5 Å². The van der Waals surface area contributed by atoms with Crippen molar-refractivity contribution >= 4 is 17.3 Å². The van der Waals surface area contributed by atoms with Crippen molar-refractivity contribution in [2.24, 2.45) is 10.2 Å². The molecule has 0 radical (unpaired) electrons. The second-order valence-electron chi connectivity index (χ2n) is 6.42. The lowest BCUT2D eigenvalue weighted by Gasteiger charge is -2.20. The Kier molecular flexibility index (Phi) is 6.30. The molecule has 7 heteroatoms. The number of rotatable bonds is 6. The molecule has 0 spiro atoms. The highest BCUT2D eigenvalue weighted by atomic mass is 16.7. The summed E-state index contributed by atoms with van der Waals surface area (Å²) in [7, 11) is 1.49. The molecule has 2 aromatic rings. The van der Waals surface area contributed by atoms with E-state index in [4.69, 9.17) is 14.2 Å². The summed E-state index contributed by atoms with van der Waals surface area (Å²) in [5, 5.41) is 17.8. The predicted molar refractivity (Wildman–Crippen MR) is 96.4 cm³/mol. The van der Waals surface area contributed by atoms with Gasteiger partial charge in [-0.15, -0.1) is 5.11 Å². The molecule has 0 aliphatic rings. The van der Waals surface area contributed by atoms with Crippen LogP contribution >= 0.6 is 0 Å². The quantitative estimate of drug-likeness (QED) is 0.457. The minimum Gasteiger partial charge on any atom is -0.506 e. The van der Waals surface area contributed by atoms with Gasteiger partial charge in [-0.25, -0.2) is 4.79 Å². The lowest BCUT2D eigenvalue weighted by Crippen LogP contribution is -2.24. The van der Waals surface area contributed by atoms with E-state index >= 15 is 0 Å². The smallest absolute Gasteiger partial charge is 0.342 e. The largest absolute Gasteiger partial charge is 0.506 e. The van der Waals surface area contributed by atoms with E-state index in [0.29, 0.717) is 17.1 Å². The number of hydrogen-bond donors (Lipinski definition) is 1. The molecule has 0 heterocycles. The molecule has 0 aliphatic heterocycles. The van der Waals surface area contributed by atoms with Crippen LogP contribution in [0.3, 0.4) is 0 Å². The Balaban J connectivity index is 2.32. The van der Waals surface area contributed by atoms with Crippen LogP contribution < -0.4 is 4.74 Å². The van der Waals surface area contributed by atoms with Gasteiger partial charge in [0.2, 0.25) is 0 Å². The van der Waals surface area contributed by atoms with Gasteiger partial charge in [-0.05, 0) is 51.1 Å². The van der Waals surface area contributed by atoms with Gasteiger partial charge in [-0.1, -0.05) is 12.1 Å². The summed E-state index contributed by atoms with van der Waals surface area (Å²) in [5.41, 5.74) is 0.304. The number of azo groups is 1. The molecule has 2 aromatic carbocycles. The molecule has 0 saturated carbocycles. The van der Waals surface area contributed by atoms with E-state index in [-0.39, 0.29) is 18.1 Å². The zero-order valence-electron chi connectivity index (χ0n) is 15.2. The van der Waals surface area contributed by atoms with Gasteiger partial charge in [0, 0.05) is 7.11 Å². The van der Waals surface area contributed by atoms with E-state index < -0.39 is 11.6 Å². The fourth-order valence-electron chi connectivity index (χ4n) is 1.98. The minimum atomic E-state index is -0.650. The first-order valence-electron chi connectivity index (χ1n) is 7.99. The average molecular weight is 358 g/mol. The lowest BCUT2D eigenvalue weighted by molar-refractivity contribution is 0.00556. The number of para-hydroxylation sites is 1. The van der Waals surface area contributed by atoms with Crippen LogP contribution in [-0.2, 0) is 9.47 Å². The summed E-state index contributed by atoms with van der Waals surface area (Å²) in [4.78, 5) is 12.5. The summed E-state index contributed by atoms with van der Waals surface area (Å²) in [6.07, 6.45) is 0. The number of aromatic hydroxyl groups is 1. The van der Waals surface area contributed by atoms with Crippen molar-refractivity contribution in [2.45, 2.75) is 26.4 Å². The highest BCUT2D eigenvalue weighted by Gasteiger charge is 2.21. The first-order valence-corrected chi connectivity index (χ1v) is 7.99. The first-order chi connectivity index (χ1) is 12.3. The summed E-state index contributed by atoms with van der Waals surface area (Å²) in [6, 6.07) is 11.3. The number of ether oxygens (including phenoxy) is 3. The maximum Gasteiger partial charge on any atom is 0.342 e. The van der Waals surface area contributed by atoms with E-state index in [1.54, 1.807) is 51.1 Å². The molecule has 0 amide bonds. The fraction of sp³-hybridized carbons (Fsp3) is 0.316. The molecule has 1 N–H and O–H groups in total. The molecule has 26 heavy (non-hydrogen) atoms. The number of carbonyl (C=O) groups excluding carboxylic acids is 1. The van der Waals surface area contributed by atoms with Gasteiger partial charge in [-0.3, -0.25) is 0 Å². The number of esters is 1. The molecule has 0 aromatic heterocycles. The Bertz CT molecular complexity index is 797. The second kappa shape index (κ2) is 8.44. The van der Waals surface area contributed by atoms with E-state index in [1.807, 2.05) is 0 Å². The van der Waals surface area contributed by atoms with Gasteiger partial charge in [0.1, 0.15) is 28.4 Å². The van der Waals surface area contributed by atoms with Gasteiger partial charge in [-0.2, -0.15) is 5.11 Å². The molecule has 0 bridgehead atoms. The molecule has 0 atom stereocenters. The summed E-state index contributed by atoms with van der Waals surface area (Å²) >= 11 is 0. The predicted octanol–water partition coefficient (Wildman–Crippen LogP) is 4.75. The minimum absolute atomic E-state index is 0.00541. The van der Waals surface area contributed by atoms with Gasteiger partial charge >= 0.3 is 5.97 Å². The van der Waals surface area contributed by atoms with E-state index in [0.717, 1.165) is 0 Å². The van der Waals surface area contributed by atoms with Crippen molar-refractivity contribution in [1.29, 1.82) is 0 Å². The number of benzene rings is 2. The molecular weight excluding hydrogens is 336 g/mol. The summed E-state index contributed by atoms with van der Waals surface area (Å²) in [5.74, 6) is -0.200. The normalized spacial score (nSPS) is 11.5. The molecule has 0 fully saturated rings. The molecule has 7 nitrogen and oxygen atoms in total. The van der Waals surface area contributed by atoms with Crippen molar-refractivity contribution in [1.82, 2.24) is 0 Å². The Labute approximate surface area is 152 Å². The summed E-state index contributed by atoms with van der Waals surface area (Å²) < 4.78 is 15.7. The van der Waals surface area contributed by atoms with Crippen molar-refractivity contribution in [2.75, 3.05) is 13.9 Å². The van der Waals surface area contributed by atoms with Gasteiger partial charge in [0.05, 0.1) is 5.69 Å². The molecule has 0 saturated heterocycles. The third-order valence-electron chi connectivity index (χ3n) is 3.07. The van der Waals surface area contributed by atoms with Crippen LogP contribution in [0.4, 0.5) is 11.4 Å². The third kappa shape index (κ3) is 5.56. The second-order valence-corrected chi connectivity index (χ2v) is 6.42. The topological polar surface area (TPSA) is 89.7 Å². The number of methoxy groups -OCH3 is 1. The Morgan fingerprint density at radius 3 is 2.50 bits per heavy atom. The van der Waals surface area contributed by atoms with Crippen molar-refractivity contribution in [3.8, 4) is 11.5 Å². The van der Waals surface area contributed by atoms with E-state index in [1.165, 1.54) is 19.2 Å². The molecular formula is C19H22N2O5. The van der Waals surface area contributed by atoms with E-state index in [9.17, 15) is 9.90 Å². The molecule has 0 aliphatic carbocycles.